The molecule has 3 rings (SSSR count). The molecule has 20 heavy (non-hydrogen) atoms. The third-order valence-electron chi connectivity index (χ3n) is 2.87. The zero-order valence-electron chi connectivity index (χ0n) is 10.9. The normalized spacial score (nSPS) is 11.1. The van der Waals surface area contributed by atoms with Crippen LogP contribution in [0.25, 0.3) is 23.0 Å². The molecular weight excluding hydrogens is 260 g/mol. The lowest BCUT2D eigenvalue weighted by Gasteiger charge is -2.02. The number of nitrogens with zero attached hydrogens (tertiary/aromatic N) is 4. The van der Waals surface area contributed by atoms with E-state index >= 15 is 0 Å². The van der Waals surface area contributed by atoms with Gasteiger partial charge in [0.15, 0.2) is 11.6 Å². The van der Waals surface area contributed by atoms with Crippen molar-refractivity contribution >= 4 is 5.82 Å². The van der Waals surface area contributed by atoms with Gasteiger partial charge >= 0.3 is 0 Å². The highest BCUT2D eigenvalue weighted by atomic mass is 16.5. The van der Waals surface area contributed by atoms with Crippen molar-refractivity contribution in [2.45, 2.75) is 6.54 Å². The topological polar surface area (TPSA) is 108 Å². The fraction of sp³-hybridized carbons (Fsp3) is 0.250. The van der Waals surface area contributed by atoms with E-state index in [2.05, 4.69) is 20.3 Å². The van der Waals surface area contributed by atoms with E-state index in [9.17, 15) is 0 Å². The van der Waals surface area contributed by atoms with Crippen molar-refractivity contribution in [3.8, 4) is 23.0 Å². The number of aromatic nitrogens is 5. The smallest absolute Gasteiger partial charge is 0.217 e. The number of nitrogens with two attached hydrogens (primary N) is 1. The van der Waals surface area contributed by atoms with Gasteiger partial charge in [0.05, 0.1) is 31.2 Å². The van der Waals surface area contributed by atoms with E-state index in [1.165, 1.54) is 0 Å². The standard InChI is InChI=1S/C12H14N6O2/c1-19-6-4-18-10(13)8(7-14-18)11-15-12(17-16-11)9-3-2-5-20-9/h2-3,5,7H,4,6,13H2,1H3,(H,15,16,17). The van der Waals surface area contributed by atoms with Crippen molar-refractivity contribution in [2.24, 2.45) is 0 Å². The number of furan rings is 1. The summed E-state index contributed by atoms with van der Waals surface area (Å²) in [6.45, 7) is 1.13. The predicted molar refractivity (Wildman–Crippen MR) is 71.6 cm³/mol. The molecule has 0 amide bonds. The molecule has 0 aromatic carbocycles. The minimum Gasteiger partial charge on any atom is -0.461 e. The number of hydrogen-bond donors (Lipinski definition) is 2. The van der Waals surface area contributed by atoms with Gasteiger partial charge in [-0.25, -0.2) is 9.67 Å². The van der Waals surface area contributed by atoms with E-state index in [-0.39, 0.29) is 0 Å². The number of nitrogen functional groups attached to an aromatic ring is 1. The lowest BCUT2D eigenvalue weighted by molar-refractivity contribution is 0.184. The van der Waals surface area contributed by atoms with Gasteiger partial charge < -0.3 is 14.9 Å². The Morgan fingerprint density at radius 3 is 3.15 bits per heavy atom. The van der Waals surface area contributed by atoms with Gasteiger partial charge in [0.1, 0.15) is 5.82 Å². The third-order valence-corrected chi connectivity index (χ3v) is 2.87. The van der Waals surface area contributed by atoms with Gasteiger partial charge in [-0.3, -0.25) is 5.10 Å². The Labute approximate surface area is 114 Å². The molecule has 0 bridgehead atoms. The summed E-state index contributed by atoms with van der Waals surface area (Å²) in [7, 11) is 1.63. The van der Waals surface area contributed by atoms with Crippen LogP contribution in [0.2, 0.25) is 0 Å². The van der Waals surface area contributed by atoms with Crippen LogP contribution in [0.5, 0.6) is 0 Å². The highest BCUT2D eigenvalue weighted by molar-refractivity contribution is 5.68. The molecule has 0 aliphatic carbocycles. The van der Waals surface area contributed by atoms with Crippen LogP contribution in [0.4, 0.5) is 5.82 Å². The maximum absolute atomic E-state index is 6.04. The Balaban J connectivity index is 1.88. The fourth-order valence-corrected chi connectivity index (χ4v) is 1.83. The van der Waals surface area contributed by atoms with Crippen LogP contribution in [0.1, 0.15) is 0 Å². The van der Waals surface area contributed by atoms with Crippen molar-refractivity contribution < 1.29 is 9.15 Å². The molecule has 0 radical (unpaired) electrons. The molecule has 104 valence electrons. The highest BCUT2D eigenvalue weighted by Crippen LogP contribution is 2.24. The maximum Gasteiger partial charge on any atom is 0.217 e. The first-order valence-electron chi connectivity index (χ1n) is 6.06. The van der Waals surface area contributed by atoms with Crippen LogP contribution in [0.15, 0.2) is 29.0 Å². The van der Waals surface area contributed by atoms with E-state index in [1.807, 2.05) is 0 Å². The van der Waals surface area contributed by atoms with Crippen LogP contribution in [0.3, 0.4) is 0 Å². The molecular formula is C12H14N6O2. The van der Waals surface area contributed by atoms with E-state index in [0.29, 0.717) is 41.9 Å². The van der Waals surface area contributed by atoms with Gasteiger partial charge in [-0.05, 0) is 12.1 Å². The molecule has 0 aliphatic heterocycles. The van der Waals surface area contributed by atoms with E-state index in [0.717, 1.165) is 0 Å². The van der Waals surface area contributed by atoms with Crippen molar-refractivity contribution in [1.29, 1.82) is 0 Å². The number of ether oxygens (including phenoxy) is 1. The quantitative estimate of drug-likeness (QED) is 0.722. The Kier molecular flexibility index (Phi) is 3.21. The average Bonchev–Trinajstić information content (AvgIpc) is 3.17. The number of methoxy groups -OCH3 is 1. The van der Waals surface area contributed by atoms with Crippen LogP contribution in [-0.2, 0) is 11.3 Å². The Morgan fingerprint density at radius 2 is 2.40 bits per heavy atom. The molecule has 0 saturated carbocycles. The second-order valence-electron chi connectivity index (χ2n) is 4.14. The summed E-state index contributed by atoms with van der Waals surface area (Å²) < 4.78 is 11.9. The summed E-state index contributed by atoms with van der Waals surface area (Å²) >= 11 is 0. The van der Waals surface area contributed by atoms with Gasteiger partial charge in [0.25, 0.3) is 0 Å². The summed E-state index contributed by atoms with van der Waals surface area (Å²) in [6.07, 6.45) is 3.22. The highest BCUT2D eigenvalue weighted by Gasteiger charge is 2.15. The molecule has 3 N–H and O–H groups in total. The summed E-state index contributed by atoms with van der Waals surface area (Å²) in [4.78, 5) is 4.35. The van der Waals surface area contributed by atoms with Crippen LogP contribution >= 0.6 is 0 Å². The van der Waals surface area contributed by atoms with Crippen LogP contribution in [-0.4, -0.2) is 38.7 Å². The number of rotatable bonds is 5. The van der Waals surface area contributed by atoms with E-state index in [4.69, 9.17) is 14.9 Å². The van der Waals surface area contributed by atoms with E-state index < -0.39 is 0 Å². The molecule has 8 heteroatoms. The van der Waals surface area contributed by atoms with Gasteiger partial charge in [-0.1, -0.05) is 0 Å². The summed E-state index contributed by atoms with van der Waals surface area (Å²) in [6, 6.07) is 3.57. The lowest BCUT2D eigenvalue weighted by atomic mass is 10.3. The summed E-state index contributed by atoms with van der Waals surface area (Å²) in [5.41, 5.74) is 6.74. The van der Waals surface area contributed by atoms with Crippen molar-refractivity contribution in [3.63, 3.8) is 0 Å². The first kappa shape index (κ1) is 12.4. The van der Waals surface area contributed by atoms with Crippen LogP contribution < -0.4 is 5.73 Å². The SMILES string of the molecule is COCCn1ncc(-c2nc(-c3ccco3)n[nH]2)c1N. The van der Waals surface area contributed by atoms with Crippen molar-refractivity contribution in [2.75, 3.05) is 19.5 Å². The lowest BCUT2D eigenvalue weighted by Crippen LogP contribution is -2.09. The molecule has 0 fully saturated rings. The number of H-pyrrole nitrogens is 1. The Hall–Kier alpha value is -2.61. The molecule has 0 spiro atoms. The van der Waals surface area contributed by atoms with Gasteiger partial charge in [-0.15, -0.1) is 5.10 Å². The van der Waals surface area contributed by atoms with Crippen molar-refractivity contribution in [3.05, 3.63) is 24.6 Å². The molecule has 8 nitrogen and oxygen atoms in total. The predicted octanol–water partition coefficient (Wildman–Crippen LogP) is 1.16. The molecule has 0 aliphatic rings. The zero-order chi connectivity index (χ0) is 13.9. The molecule has 3 aromatic rings. The minimum absolute atomic E-state index is 0.481. The largest absolute Gasteiger partial charge is 0.461 e. The summed E-state index contributed by atoms with van der Waals surface area (Å²) in [5.74, 6) is 2.15. The first-order valence-corrected chi connectivity index (χ1v) is 6.06. The summed E-state index contributed by atoms with van der Waals surface area (Å²) in [5, 5.41) is 11.1. The molecule has 0 atom stereocenters. The maximum atomic E-state index is 6.04. The second kappa shape index (κ2) is 5.17. The third kappa shape index (κ3) is 2.16. The van der Waals surface area contributed by atoms with Crippen molar-refractivity contribution in [1.82, 2.24) is 25.0 Å². The van der Waals surface area contributed by atoms with Gasteiger partial charge in [-0.2, -0.15) is 5.10 Å². The number of nitrogens with one attached hydrogen (secondary N) is 1. The molecule has 3 aromatic heterocycles. The molecule has 0 unspecified atom stereocenters. The van der Waals surface area contributed by atoms with Gasteiger partial charge in [0.2, 0.25) is 5.82 Å². The number of anilines is 1. The van der Waals surface area contributed by atoms with Gasteiger partial charge in [0, 0.05) is 7.11 Å². The first-order chi connectivity index (χ1) is 9.79. The zero-order valence-corrected chi connectivity index (χ0v) is 10.9. The fourth-order valence-electron chi connectivity index (χ4n) is 1.83. The monoisotopic (exact) mass is 274 g/mol. The number of hydrogen-bond acceptors (Lipinski definition) is 6. The average molecular weight is 274 g/mol. The molecule has 3 heterocycles. The Morgan fingerprint density at radius 1 is 1.50 bits per heavy atom. The molecule has 0 saturated heterocycles. The number of aromatic amines is 1. The minimum atomic E-state index is 0.481. The Bertz CT molecular complexity index is 685. The van der Waals surface area contributed by atoms with E-state index in [1.54, 1.807) is 36.4 Å². The van der Waals surface area contributed by atoms with Crippen LogP contribution in [0, 0.1) is 0 Å². The second-order valence-corrected chi connectivity index (χ2v) is 4.14.